The summed E-state index contributed by atoms with van der Waals surface area (Å²) in [6.45, 7) is 1.40. The summed E-state index contributed by atoms with van der Waals surface area (Å²) in [5.74, 6) is -0.103. The minimum Gasteiger partial charge on any atom is -0.310 e. The second-order valence-corrected chi connectivity index (χ2v) is 3.47. The molecular formula is C12H10FN3O. The van der Waals surface area contributed by atoms with Crippen molar-refractivity contribution in [2.45, 2.75) is 6.92 Å². The van der Waals surface area contributed by atoms with Crippen LogP contribution in [0.5, 0.6) is 0 Å². The molecule has 1 aromatic heterocycles. The molecule has 5 heteroatoms. The monoisotopic (exact) mass is 231 g/mol. The maximum atomic E-state index is 12.7. The maximum absolute atomic E-state index is 12.7. The molecule has 0 aliphatic heterocycles. The topological polar surface area (TPSA) is 54.9 Å². The number of aromatic nitrogens is 2. The van der Waals surface area contributed by atoms with E-state index in [9.17, 15) is 9.18 Å². The smallest absolute Gasteiger partial charge is 0.222 e. The summed E-state index contributed by atoms with van der Waals surface area (Å²) in [7, 11) is 0. The number of halogens is 1. The minimum absolute atomic E-state index is 0.200. The molecule has 0 aliphatic rings. The molecule has 1 amide bonds. The largest absolute Gasteiger partial charge is 0.310 e. The summed E-state index contributed by atoms with van der Waals surface area (Å²) in [5.41, 5.74) is 1.40. The van der Waals surface area contributed by atoms with Gasteiger partial charge in [0.1, 0.15) is 5.82 Å². The van der Waals surface area contributed by atoms with E-state index in [1.807, 2.05) is 0 Å². The van der Waals surface area contributed by atoms with Crippen LogP contribution in [0.2, 0.25) is 0 Å². The van der Waals surface area contributed by atoms with Gasteiger partial charge >= 0.3 is 0 Å². The van der Waals surface area contributed by atoms with Gasteiger partial charge in [0.25, 0.3) is 0 Å². The highest BCUT2D eigenvalue weighted by atomic mass is 19.1. The lowest BCUT2D eigenvalue weighted by Crippen LogP contribution is -2.07. The van der Waals surface area contributed by atoms with E-state index in [4.69, 9.17) is 0 Å². The molecule has 1 heterocycles. The summed E-state index contributed by atoms with van der Waals surface area (Å²) < 4.78 is 12.7. The number of rotatable bonds is 2. The zero-order valence-corrected chi connectivity index (χ0v) is 9.14. The average molecular weight is 231 g/mol. The van der Waals surface area contributed by atoms with Crippen LogP contribution >= 0.6 is 0 Å². The van der Waals surface area contributed by atoms with Gasteiger partial charge in [-0.1, -0.05) is 0 Å². The van der Waals surface area contributed by atoms with Gasteiger partial charge in [-0.3, -0.25) is 9.78 Å². The molecular weight excluding hydrogens is 221 g/mol. The van der Waals surface area contributed by atoms with Gasteiger partial charge in [0, 0.05) is 12.5 Å². The Morgan fingerprint density at radius 1 is 1.18 bits per heavy atom. The zero-order chi connectivity index (χ0) is 12.3. The number of hydrogen-bond donors (Lipinski definition) is 1. The van der Waals surface area contributed by atoms with E-state index in [1.54, 1.807) is 12.1 Å². The summed E-state index contributed by atoms with van der Waals surface area (Å²) in [6.07, 6.45) is 2.98. The van der Waals surface area contributed by atoms with E-state index in [0.717, 1.165) is 5.56 Å². The molecule has 0 saturated heterocycles. The summed E-state index contributed by atoms with van der Waals surface area (Å²) in [4.78, 5) is 18.9. The fraction of sp³-hybridized carbons (Fsp3) is 0.0833. The molecule has 17 heavy (non-hydrogen) atoms. The number of benzene rings is 1. The molecule has 0 unspecified atom stereocenters. The Balaban J connectivity index is 2.23. The first kappa shape index (κ1) is 11.2. The molecule has 2 rings (SSSR count). The Morgan fingerprint density at radius 3 is 2.41 bits per heavy atom. The van der Waals surface area contributed by atoms with Crippen LogP contribution in [0.1, 0.15) is 6.92 Å². The number of nitrogens with one attached hydrogen (secondary N) is 1. The van der Waals surface area contributed by atoms with Gasteiger partial charge in [-0.2, -0.15) is 0 Å². The van der Waals surface area contributed by atoms with Crippen LogP contribution in [-0.2, 0) is 4.79 Å². The Kier molecular flexibility index (Phi) is 3.09. The van der Waals surface area contributed by atoms with Gasteiger partial charge in [-0.25, -0.2) is 9.37 Å². The number of amides is 1. The van der Waals surface area contributed by atoms with E-state index in [1.165, 1.54) is 31.5 Å². The van der Waals surface area contributed by atoms with Crippen molar-refractivity contribution in [3.05, 3.63) is 42.5 Å². The van der Waals surface area contributed by atoms with Crippen LogP contribution in [0.25, 0.3) is 11.3 Å². The molecule has 86 valence electrons. The number of hydrogen-bond acceptors (Lipinski definition) is 3. The van der Waals surface area contributed by atoms with Gasteiger partial charge < -0.3 is 5.32 Å². The number of anilines is 1. The molecule has 0 fully saturated rings. The standard InChI is InChI=1S/C12H10FN3O/c1-8(17)16-12-7-14-11(6-15-12)9-2-4-10(13)5-3-9/h2-7H,1H3,(H,15,16,17). The third kappa shape index (κ3) is 2.84. The number of carbonyl (C=O) groups excluding carboxylic acids is 1. The van der Waals surface area contributed by atoms with Crippen LogP contribution in [0.3, 0.4) is 0 Å². The molecule has 4 nitrogen and oxygen atoms in total. The first-order valence-corrected chi connectivity index (χ1v) is 5.01. The van der Waals surface area contributed by atoms with Crippen LogP contribution in [0.15, 0.2) is 36.7 Å². The molecule has 0 aliphatic carbocycles. The SMILES string of the molecule is CC(=O)Nc1cnc(-c2ccc(F)cc2)cn1. The van der Waals surface area contributed by atoms with Crippen LogP contribution in [0, 0.1) is 5.82 Å². The van der Waals surface area contributed by atoms with Crippen LogP contribution in [0.4, 0.5) is 10.2 Å². The van der Waals surface area contributed by atoms with Crippen molar-refractivity contribution < 1.29 is 9.18 Å². The Bertz CT molecular complexity index is 522. The van der Waals surface area contributed by atoms with Crippen molar-refractivity contribution in [1.82, 2.24) is 9.97 Å². The van der Waals surface area contributed by atoms with E-state index in [0.29, 0.717) is 11.5 Å². The predicted molar refractivity (Wildman–Crippen MR) is 61.7 cm³/mol. The normalized spacial score (nSPS) is 10.0. The van der Waals surface area contributed by atoms with Crippen molar-refractivity contribution in [1.29, 1.82) is 0 Å². The van der Waals surface area contributed by atoms with Crippen molar-refractivity contribution in [3.63, 3.8) is 0 Å². The quantitative estimate of drug-likeness (QED) is 0.862. The highest BCUT2D eigenvalue weighted by molar-refractivity contribution is 5.87. The van der Waals surface area contributed by atoms with Crippen LogP contribution < -0.4 is 5.32 Å². The van der Waals surface area contributed by atoms with Crippen molar-refractivity contribution in [2.24, 2.45) is 0 Å². The third-order valence-corrected chi connectivity index (χ3v) is 2.10. The molecule has 0 spiro atoms. The van der Waals surface area contributed by atoms with E-state index < -0.39 is 0 Å². The van der Waals surface area contributed by atoms with Gasteiger partial charge in [-0.05, 0) is 24.3 Å². The van der Waals surface area contributed by atoms with Crippen molar-refractivity contribution in [2.75, 3.05) is 5.32 Å². The second-order valence-electron chi connectivity index (χ2n) is 3.47. The van der Waals surface area contributed by atoms with E-state index >= 15 is 0 Å². The molecule has 0 radical (unpaired) electrons. The molecule has 2 aromatic rings. The molecule has 0 bridgehead atoms. The summed E-state index contributed by atoms with van der Waals surface area (Å²) in [6, 6.07) is 5.96. The Hall–Kier alpha value is -2.30. The van der Waals surface area contributed by atoms with Crippen LogP contribution in [-0.4, -0.2) is 15.9 Å². The van der Waals surface area contributed by atoms with Gasteiger partial charge in [0.2, 0.25) is 5.91 Å². The Morgan fingerprint density at radius 2 is 1.88 bits per heavy atom. The lowest BCUT2D eigenvalue weighted by Gasteiger charge is -2.02. The fourth-order valence-electron chi connectivity index (χ4n) is 1.34. The maximum Gasteiger partial charge on any atom is 0.222 e. The highest BCUT2D eigenvalue weighted by Gasteiger charge is 2.02. The Labute approximate surface area is 97.5 Å². The minimum atomic E-state index is -0.295. The fourth-order valence-corrected chi connectivity index (χ4v) is 1.34. The van der Waals surface area contributed by atoms with Crippen molar-refractivity contribution in [3.8, 4) is 11.3 Å². The first-order valence-electron chi connectivity index (χ1n) is 5.01. The lowest BCUT2D eigenvalue weighted by molar-refractivity contribution is -0.114. The van der Waals surface area contributed by atoms with Gasteiger partial charge in [-0.15, -0.1) is 0 Å². The molecule has 0 atom stereocenters. The lowest BCUT2D eigenvalue weighted by atomic mass is 10.1. The second kappa shape index (κ2) is 4.69. The van der Waals surface area contributed by atoms with E-state index in [2.05, 4.69) is 15.3 Å². The van der Waals surface area contributed by atoms with E-state index in [-0.39, 0.29) is 11.7 Å². The zero-order valence-electron chi connectivity index (χ0n) is 9.14. The average Bonchev–Trinajstić information content (AvgIpc) is 2.30. The summed E-state index contributed by atoms with van der Waals surface area (Å²) >= 11 is 0. The number of carbonyl (C=O) groups is 1. The first-order chi connectivity index (χ1) is 8.15. The number of nitrogens with zero attached hydrogens (tertiary/aromatic N) is 2. The molecule has 0 saturated carbocycles. The molecule has 1 N–H and O–H groups in total. The third-order valence-electron chi connectivity index (χ3n) is 2.10. The highest BCUT2D eigenvalue weighted by Crippen LogP contribution is 2.16. The van der Waals surface area contributed by atoms with Crippen molar-refractivity contribution >= 4 is 11.7 Å². The molecule has 1 aromatic carbocycles. The van der Waals surface area contributed by atoms with Gasteiger partial charge in [0.15, 0.2) is 5.82 Å². The van der Waals surface area contributed by atoms with Gasteiger partial charge in [0.05, 0.1) is 18.1 Å². The predicted octanol–water partition coefficient (Wildman–Crippen LogP) is 2.24. The summed E-state index contributed by atoms with van der Waals surface area (Å²) in [5, 5.41) is 2.52.